The molecule has 0 unspecified atom stereocenters. The van der Waals surface area contributed by atoms with Gasteiger partial charge in [0.15, 0.2) is 0 Å². The molecule has 1 aliphatic carbocycles. The van der Waals surface area contributed by atoms with Gasteiger partial charge in [-0.05, 0) is 44.4 Å². The summed E-state index contributed by atoms with van der Waals surface area (Å²) in [5.41, 5.74) is 0.363. The molecule has 0 amide bonds. The number of aliphatic hydroxyl groups is 1. The van der Waals surface area contributed by atoms with Crippen molar-refractivity contribution in [1.29, 1.82) is 0 Å². The molecule has 1 saturated heterocycles. The van der Waals surface area contributed by atoms with E-state index in [-0.39, 0.29) is 12.2 Å². The molecule has 0 aromatic rings. The average Bonchev–Trinajstić information content (AvgIpc) is 2.32. The van der Waals surface area contributed by atoms with Crippen molar-refractivity contribution >= 4 is 0 Å². The second-order valence-electron chi connectivity index (χ2n) is 8.50. The summed E-state index contributed by atoms with van der Waals surface area (Å²) >= 11 is 0. The van der Waals surface area contributed by atoms with Gasteiger partial charge >= 0.3 is 0 Å². The van der Waals surface area contributed by atoms with Gasteiger partial charge in [0.25, 0.3) is 0 Å². The van der Waals surface area contributed by atoms with Crippen LogP contribution < -0.4 is 0 Å². The summed E-state index contributed by atoms with van der Waals surface area (Å²) in [6.07, 6.45) is 3.90. The summed E-state index contributed by atoms with van der Waals surface area (Å²) in [5, 5.41) is 10.3. The Morgan fingerprint density at radius 3 is 2.41 bits per heavy atom. The highest BCUT2D eigenvalue weighted by Gasteiger charge is 2.33. The summed E-state index contributed by atoms with van der Waals surface area (Å²) in [6.45, 7) is 14.1. The molecule has 0 aromatic carbocycles. The van der Waals surface area contributed by atoms with Crippen LogP contribution in [0.1, 0.15) is 53.9 Å². The molecule has 4 heteroatoms. The molecule has 5 atom stereocenters. The summed E-state index contributed by atoms with van der Waals surface area (Å²) < 4.78 is 11.8. The van der Waals surface area contributed by atoms with E-state index in [4.69, 9.17) is 9.47 Å². The SMILES string of the molecule is C[C@@H]1C[C@H](OC[C@@H](O)CN2C[C@@H](C)O[C@@H](C)C2)CC(C)(C)C1. The van der Waals surface area contributed by atoms with Crippen LogP contribution in [0.25, 0.3) is 0 Å². The summed E-state index contributed by atoms with van der Waals surface area (Å²) in [4.78, 5) is 2.29. The van der Waals surface area contributed by atoms with Crippen LogP contribution >= 0.6 is 0 Å². The minimum atomic E-state index is -0.405. The maximum Gasteiger partial charge on any atom is 0.0900 e. The highest BCUT2D eigenvalue weighted by molar-refractivity contribution is 4.84. The lowest BCUT2D eigenvalue weighted by molar-refractivity contribution is -0.0928. The Bertz CT molecular complexity index is 337. The van der Waals surface area contributed by atoms with E-state index in [1.54, 1.807) is 0 Å². The van der Waals surface area contributed by atoms with Gasteiger partial charge in [0.2, 0.25) is 0 Å². The second kappa shape index (κ2) is 7.61. The van der Waals surface area contributed by atoms with Crippen LogP contribution in [0.5, 0.6) is 0 Å². The topological polar surface area (TPSA) is 41.9 Å². The van der Waals surface area contributed by atoms with Crippen LogP contribution in [-0.2, 0) is 9.47 Å². The van der Waals surface area contributed by atoms with Gasteiger partial charge in [0, 0.05) is 19.6 Å². The Morgan fingerprint density at radius 1 is 1.18 bits per heavy atom. The van der Waals surface area contributed by atoms with Gasteiger partial charge in [0.05, 0.1) is 31.0 Å². The minimum absolute atomic E-state index is 0.247. The fourth-order valence-corrected chi connectivity index (χ4v) is 4.42. The molecule has 2 aliphatic rings. The molecule has 1 saturated carbocycles. The van der Waals surface area contributed by atoms with Gasteiger partial charge in [0.1, 0.15) is 0 Å². The number of β-amino-alcohol motifs (C(OH)–C–C–N with tert-alkyl or cyclic N) is 1. The molecule has 2 fully saturated rings. The fraction of sp³-hybridized carbons (Fsp3) is 1.00. The molecule has 2 rings (SSSR count). The molecule has 0 spiro atoms. The molecule has 130 valence electrons. The third kappa shape index (κ3) is 5.80. The standard InChI is InChI=1S/C18H35NO3/c1-13-6-17(8-18(4,5)7-13)21-12-16(20)11-19-9-14(2)22-15(3)10-19/h13-17,20H,6-12H2,1-5H3/t13-,14-,15+,16+,17+/m1/s1. The number of rotatable bonds is 5. The minimum Gasteiger partial charge on any atom is -0.389 e. The van der Waals surface area contributed by atoms with Gasteiger partial charge in [-0.15, -0.1) is 0 Å². The fourth-order valence-electron chi connectivity index (χ4n) is 4.42. The van der Waals surface area contributed by atoms with Gasteiger partial charge in [-0.2, -0.15) is 0 Å². The Kier molecular flexibility index (Phi) is 6.29. The quantitative estimate of drug-likeness (QED) is 0.847. The summed E-state index contributed by atoms with van der Waals surface area (Å²) in [7, 11) is 0. The smallest absolute Gasteiger partial charge is 0.0900 e. The molecule has 22 heavy (non-hydrogen) atoms. The molecule has 1 aliphatic heterocycles. The maximum absolute atomic E-state index is 10.3. The molecule has 0 bridgehead atoms. The number of hydrogen-bond acceptors (Lipinski definition) is 4. The van der Waals surface area contributed by atoms with Crippen LogP contribution in [0.2, 0.25) is 0 Å². The van der Waals surface area contributed by atoms with Gasteiger partial charge in [-0.1, -0.05) is 20.8 Å². The lowest BCUT2D eigenvalue weighted by Gasteiger charge is -2.39. The first-order valence-corrected chi connectivity index (χ1v) is 8.91. The van der Waals surface area contributed by atoms with E-state index < -0.39 is 6.10 Å². The Labute approximate surface area is 136 Å². The van der Waals surface area contributed by atoms with Crippen LogP contribution in [0, 0.1) is 11.3 Å². The van der Waals surface area contributed by atoms with Crippen molar-refractivity contribution in [2.24, 2.45) is 11.3 Å². The highest BCUT2D eigenvalue weighted by Crippen LogP contribution is 2.39. The van der Waals surface area contributed by atoms with E-state index in [1.807, 2.05) is 0 Å². The van der Waals surface area contributed by atoms with Crippen LogP contribution in [0.15, 0.2) is 0 Å². The molecule has 4 nitrogen and oxygen atoms in total. The normalized spacial score (nSPS) is 37.9. The van der Waals surface area contributed by atoms with E-state index in [2.05, 4.69) is 39.5 Å². The molecular formula is C18H35NO3. The van der Waals surface area contributed by atoms with E-state index in [1.165, 1.54) is 6.42 Å². The molecule has 1 N–H and O–H groups in total. The second-order valence-corrected chi connectivity index (χ2v) is 8.50. The Morgan fingerprint density at radius 2 is 1.82 bits per heavy atom. The first kappa shape index (κ1) is 18.2. The summed E-state index contributed by atoms with van der Waals surface area (Å²) in [6, 6.07) is 0. The number of aliphatic hydroxyl groups excluding tert-OH is 1. The predicted octanol–water partition coefficient (Wildman–Crippen LogP) is 2.69. The Hall–Kier alpha value is -0.160. The molecular weight excluding hydrogens is 278 g/mol. The summed E-state index contributed by atoms with van der Waals surface area (Å²) in [5.74, 6) is 0.715. The lowest BCUT2D eigenvalue weighted by atomic mass is 9.71. The monoisotopic (exact) mass is 313 g/mol. The van der Waals surface area contributed by atoms with E-state index in [0.717, 1.165) is 25.9 Å². The van der Waals surface area contributed by atoms with Gasteiger partial charge in [-0.25, -0.2) is 0 Å². The van der Waals surface area contributed by atoms with E-state index >= 15 is 0 Å². The van der Waals surface area contributed by atoms with Gasteiger partial charge in [-0.3, -0.25) is 4.90 Å². The van der Waals surface area contributed by atoms with Crippen molar-refractivity contribution in [2.45, 2.75) is 78.3 Å². The van der Waals surface area contributed by atoms with E-state index in [0.29, 0.717) is 30.6 Å². The zero-order valence-corrected chi connectivity index (χ0v) is 15.0. The third-order valence-electron chi connectivity index (χ3n) is 4.84. The van der Waals surface area contributed by atoms with E-state index in [9.17, 15) is 5.11 Å². The average molecular weight is 313 g/mol. The zero-order valence-electron chi connectivity index (χ0n) is 15.0. The third-order valence-corrected chi connectivity index (χ3v) is 4.84. The first-order chi connectivity index (χ1) is 10.2. The van der Waals surface area contributed by atoms with Crippen molar-refractivity contribution in [3.05, 3.63) is 0 Å². The van der Waals surface area contributed by atoms with Crippen molar-refractivity contribution in [1.82, 2.24) is 4.90 Å². The molecule has 0 radical (unpaired) electrons. The Balaban J connectivity index is 1.72. The van der Waals surface area contributed by atoms with Crippen LogP contribution in [0.4, 0.5) is 0 Å². The first-order valence-electron chi connectivity index (χ1n) is 8.91. The predicted molar refractivity (Wildman–Crippen MR) is 89.0 cm³/mol. The molecule has 1 heterocycles. The largest absolute Gasteiger partial charge is 0.389 e. The van der Waals surface area contributed by atoms with Gasteiger partial charge < -0.3 is 14.6 Å². The van der Waals surface area contributed by atoms with Crippen molar-refractivity contribution in [3.63, 3.8) is 0 Å². The zero-order chi connectivity index (χ0) is 16.3. The number of morpholine rings is 1. The number of nitrogens with zero attached hydrogens (tertiary/aromatic N) is 1. The van der Waals surface area contributed by atoms with Crippen LogP contribution in [0.3, 0.4) is 0 Å². The lowest BCUT2D eigenvalue weighted by Crippen LogP contribution is -2.48. The number of ether oxygens (including phenoxy) is 2. The number of hydrogen-bond donors (Lipinski definition) is 1. The maximum atomic E-state index is 10.3. The van der Waals surface area contributed by atoms with Crippen molar-refractivity contribution in [2.75, 3.05) is 26.2 Å². The van der Waals surface area contributed by atoms with Crippen molar-refractivity contribution in [3.8, 4) is 0 Å². The highest BCUT2D eigenvalue weighted by atomic mass is 16.5. The van der Waals surface area contributed by atoms with Crippen molar-refractivity contribution < 1.29 is 14.6 Å². The molecule has 0 aromatic heterocycles. The van der Waals surface area contributed by atoms with Crippen LogP contribution in [-0.4, -0.2) is 60.7 Å².